The Morgan fingerprint density at radius 1 is 1.64 bits per heavy atom. The van der Waals surface area contributed by atoms with Gasteiger partial charge in [0.1, 0.15) is 5.39 Å². The van der Waals surface area contributed by atoms with Crippen LogP contribution >= 0.6 is 0 Å². The van der Waals surface area contributed by atoms with Gasteiger partial charge < -0.3 is 4.98 Å². The predicted octanol–water partition coefficient (Wildman–Crippen LogP) is -0.241. The fourth-order valence-corrected chi connectivity index (χ4v) is 0.905. The molecule has 0 unspecified atom stereocenters. The first-order valence-corrected chi connectivity index (χ1v) is 3.01. The van der Waals surface area contributed by atoms with Crippen LogP contribution in [0, 0.1) is 7.05 Å². The predicted molar refractivity (Wildman–Crippen MR) is 38.9 cm³/mol. The van der Waals surface area contributed by atoms with Gasteiger partial charge in [-0.05, 0) is 0 Å². The van der Waals surface area contributed by atoms with Crippen LogP contribution in [0.2, 0.25) is 0 Å². The van der Waals surface area contributed by atoms with E-state index in [1.54, 1.807) is 0 Å². The van der Waals surface area contributed by atoms with Gasteiger partial charge >= 0.3 is 0 Å². The quantitative estimate of drug-likeness (QED) is 0.562. The minimum Gasteiger partial charge on any atom is -0.312 e. The van der Waals surface area contributed by atoms with Crippen LogP contribution in [0.5, 0.6) is 0 Å². The van der Waals surface area contributed by atoms with Crippen molar-refractivity contribution in [3.63, 3.8) is 0 Å². The Hall–Kier alpha value is -1.65. The van der Waals surface area contributed by atoms with E-state index in [0.29, 0.717) is 11.0 Å². The third-order valence-electron chi connectivity index (χ3n) is 1.44. The number of H-pyrrole nitrogens is 1. The van der Waals surface area contributed by atoms with Crippen LogP contribution in [0.15, 0.2) is 17.3 Å². The SMILES string of the molecule is [CH2]n1ncc2c(=O)[nH]cnc21. The Kier molecular flexibility index (Phi) is 1.06. The molecule has 0 spiro atoms. The molecule has 2 aromatic heterocycles. The maximum atomic E-state index is 11.0. The molecule has 2 heterocycles. The van der Waals surface area contributed by atoms with Gasteiger partial charge in [-0.1, -0.05) is 0 Å². The summed E-state index contributed by atoms with van der Waals surface area (Å²) in [6.45, 7) is 0. The second kappa shape index (κ2) is 1.91. The molecule has 0 aliphatic heterocycles. The van der Waals surface area contributed by atoms with Crippen LogP contribution in [-0.2, 0) is 0 Å². The zero-order valence-electron chi connectivity index (χ0n) is 5.61. The zero-order chi connectivity index (χ0) is 7.84. The number of aromatic nitrogens is 4. The normalized spacial score (nSPS) is 10.6. The molecular weight excluding hydrogens is 144 g/mol. The van der Waals surface area contributed by atoms with Crippen molar-refractivity contribution < 1.29 is 0 Å². The first kappa shape index (κ1) is 6.09. The van der Waals surface area contributed by atoms with Gasteiger partial charge in [-0.15, -0.1) is 0 Å². The average molecular weight is 149 g/mol. The van der Waals surface area contributed by atoms with E-state index in [1.165, 1.54) is 17.2 Å². The number of hydrogen-bond donors (Lipinski definition) is 1. The van der Waals surface area contributed by atoms with Gasteiger partial charge in [0, 0.05) is 0 Å². The van der Waals surface area contributed by atoms with Gasteiger partial charge in [-0.3, -0.25) is 4.79 Å². The molecular formula is C6H5N4O. The smallest absolute Gasteiger partial charge is 0.261 e. The summed E-state index contributed by atoms with van der Waals surface area (Å²) in [4.78, 5) is 17.3. The Labute approximate surface area is 61.7 Å². The first-order valence-electron chi connectivity index (χ1n) is 3.01. The van der Waals surface area contributed by atoms with E-state index in [1.807, 2.05) is 0 Å². The monoisotopic (exact) mass is 149 g/mol. The van der Waals surface area contributed by atoms with E-state index in [-0.39, 0.29) is 5.56 Å². The standard InChI is InChI=1S/C6H5N4O/c1-10-5-4(2-9-10)6(11)8-3-7-5/h2-3H,1H2,(H,7,8,11). The molecule has 11 heavy (non-hydrogen) atoms. The maximum absolute atomic E-state index is 11.0. The zero-order valence-corrected chi connectivity index (χ0v) is 5.61. The molecule has 5 nitrogen and oxygen atoms in total. The first-order chi connectivity index (χ1) is 5.29. The molecule has 5 heteroatoms. The largest absolute Gasteiger partial charge is 0.312 e. The summed E-state index contributed by atoms with van der Waals surface area (Å²) in [5.41, 5.74) is 0.304. The summed E-state index contributed by atoms with van der Waals surface area (Å²) >= 11 is 0. The molecule has 2 rings (SSSR count). The molecule has 55 valence electrons. The van der Waals surface area contributed by atoms with E-state index in [2.05, 4.69) is 22.1 Å². The van der Waals surface area contributed by atoms with Crippen LogP contribution in [-0.4, -0.2) is 19.7 Å². The van der Waals surface area contributed by atoms with E-state index in [4.69, 9.17) is 0 Å². The maximum Gasteiger partial charge on any atom is 0.261 e. The lowest BCUT2D eigenvalue weighted by molar-refractivity contribution is 0.892. The average Bonchev–Trinajstić information content (AvgIpc) is 2.35. The van der Waals surface area contributed by atoms with Gasteiger partial charge in [0.25, 0.3) is 5.56 Å². The lowest BCUT2D eigenvalue weighted by Gasteiger charge is -1.88. The molecule has 1 radical (unpaired) electrons. The van der Waals surface area contributed by atoms with Crippen molar-refractivity contribution in [3.05, 3.63) is 29.9 Å². The number of nitrogens with one attached hydrogen (secondary N) is 1. The van der Waals surface area contributed by atoms with E-state index < -0.39 is 0 Å². The van der Waals surface area contributed by atoms with Crippen LogP contribution < -0.4 is 5.56 Å². The topological polar surface area (TPSA) is 63.6 Å². The number of fused-ring (bicyclic) bond motifs is 1. The summed E-state index contributed by atoms with van der Waals surface area (Å²) in [5, 5.41) is 4.24. The van der Waals surface area contributed by atoms with Crippen LogP contribution in [0.25, 0.3) is 11.0 Å². The van der Waals surface area contributed by atoms with Gasteiger partial charge in [0.15, 0.2) is 5.65 Å². The third-order valence-corrected chi connectivity index (χ3v) is 1.44. The second-order valence-electron chi connectivity index (χ2n) is 2.11. The summed E-state index contributed by atoms with van der Waals surface area (Å²) in [6.07, 6.45) is 2.77. The molecule has 0 fully saturated rings. The van der Waals surface area contributed by atoms with Crippen molar-refractivity contribution in [2.75, 3.05) is 0 Å². The molecule has 2 aromatic rings. The van der Waals surface area contributed by atoms with Crippen molar-refractivity contribution in [1.82, 2.24) is 19.7 Å². The van der Waals surface area contributed by atoms with E-state index in [0.717, 1.165) is 0 Å². The lowest BCUT2D eigenvalue weighted by Crippen LogP contribution is -2.05. The summed E-state index contributed by atoms with van der Waals surface area (Å²) in [6, 6.07) is 0. The van der Waals surface area contributed by atoms with Crippen molar-refractivity contribution in [2.45, 2.75) is 0 Å². The molecule has 0 amide bonds. The number of hydrogen-bond acceptors (Lipinski definition) is 3. The van der Waals surface area contributed by atoms with E-state index >= 15 is 0 Å². The van der Waals surface area contributed by atoms with Crippen molar-refractivity contribution >= 4 is 11.0 Å². The molecule has 0 bridgehead atoms. The van der Waals surface area contributed by atoms with Gasteiger partial charge in [-0.2, -0.15) is 5.10 Å². The van der Waals surface area contributed by atoms with Crippen LogP contribution in [0.4, 0.5) is 0 Å². The van der Waals surface area contributed by atoms with Crippen LogP contribution in [0.3, 0.4) is 0 Å². The van der Waals surface area contributed by atoms with E-state index in [9.17, 15) is 4.79 Å². The Morgan fingerprint density at radius 3 is 3.18 bits per heavy atom. The molecule has 0 saturated carbocycles. The van der Waals surface area contributed by atoms with Crippen molar-refractivity contribution in [2.24, 2.45) is 0 Å². The van der Waals surface area contributed by atoms with Crippen molar-refractivity contribution in [1.29, 1.82) is 0 Å². The highest BCUT2D eigenvalue weighted by Gasteiger charge is 2.01. The number of rotatable bonds is 0. The Balaban J connectivity index is 3.06. The highest BCUT2D eigenvalue weighted by molar-refractivity contribution is 5.72. The van der Waals surface area contributed by atoms with Gasteiger partial charge in [-0.25, -0.2) is 9.67 Å². The minimum atomic E-state index is -0.190. The highest BCUT2D eigenvalue weighted by Crippen LogP contribution is 2.01. The number of nitrogens with zero attached hydrogens (tertiary/aromatic N) is 3. The summed E-state index contributed by atoms with van der Waals surface area (Å²) in [5.74, 6) is 0. The van der Waals surface area contributed by atoms with Crippen molar-refractivity contribution in [3.8, 4) is 0 Å². The highest BCUT2D eigenvalue weighted by atomic mass is 16.1. The Bertz CT molecular complexity index is 441. The number of aromatic amines is 1. The summed E-state index contributed by atoms with van der Waals surface area (Å²) in [7, 11) is 3.54. The van der Waals surface area contributed by atoms with Crippen LogP contribution in [0.1, 0.15) is 0 Å². The minimum absolute atomic E-state index is 0.190. The summed E-state index contributed by atoms with van der Waals surface area (Å²) < 4.78 is 1.31. The van der Waals surface area contributed by atoms with Gasteiger partial charge in [0.05, 0.1) is 19.6 Å². The molecule has 0 aromatic carbocycles. The molecule has 0 saturated heterocycles. The fourth-order valence-electron chi connectivity index (χ4n) is 0.905. The molecule has 0 aliphatic carbocycles. The lowest BCUT2D eigenvalue weighted by atomic mass is 10.4. The second-order valence-corrected chi connectivity index (χ2v) is 2.11. The third kappa shape index (κ3) is 0.739. The molecule has 0 atom stereocenters. The fraction of sp³-hybridized carbons (Fsp3) is 0. The van der Waals surface area contributed by atoms with Gasteiger partial charge in [0.2, 0.25) is 0 Å². The molecule has 1 N–H and O–H groups in total. The Morgan fingerprint density at radius 2 is 2.45 bits per heavy atom. The molecule has 0 aliphatic rings.